The van der Waals surface area contributed by atoms with Crippen molar-refractivity contribution >= 4 is 17.7 Å². The molecule has 1 amide bonds. The van der Waals surface area contributed by atoms with E-state index in [1.54, 1.807) is 30.3 Å². The van der Waals surface area contributed by atoms with Crippen LogP contribution in [-0.2, 0) is 23.5 Å². The predicted octanol–water partition coefficient (Wildman–Crippen LogP) is 3.28. The average molecular weight is 562 g/mol. The lowest BCUT2D eigenvalue weighted by atomic mass is 9.93. The zero-order chi connectivity index (χ0) is 29.0. The van der Waals surface area contributed by atoms with Crippen LogP contribution in [0.4, 0.5) is 18.9 Å². The normalized spacial score (nSPS) is 12.9. The first-order valence-corrected chi connectivity index (χ1v) is 12.2. The summed E-state index contributed by atoms with van der Waals surface area (Å²) in [5, 5.41) is 22.2. The first-order chi connectivity index (χ1) is 19.7. The molecule has 0 aliphatic carbocycles. The Kier molecular flexibility index (Phi) is 7.61. The highest BCUT2D eigenvalue weighted by Gasteiger charge is 2.35. The van der Waals surface area contributed by atoms with Gasteiger partial charge in [0.25, 0.3) is 0 Å². The van der Waals surface area contributed by atoms with Gasteiger partial charge < -0.3 is 10.4 Å². The van der Waals surface area contributed by atoms with Gasteiger partial charge in [-0.1, -0.05) is 18.2 Å². The maximum absolute atomic E-state index is 14.7. The van der Waals surface area contributed by atoms with Crippen molar-refractivity contribution in [3.8, 4) is 5.69 Å². The van der Waals surface area contributed by atoms with Crippen LogP contribution in [0.15, 0.2) is 96.6 Å². The van der Waals surface area contributed by atoms with Crippen LogP contribution in [0, 0.1) is 17.5 Å². The van der Waals surface area contributed by atoms with E-state index in [0.29, 0.717) is 23.0 Å². The van der Waals surface area contributed by atoms with E-state index >= 15 is 0 Å². The Morgan fingerprint density at radius 1 is 0.927 bits per heavy atom. The number of hydrogen-bond acceptors (Lipinski definition) is 6. The molecule has 5 rings (SSSR count). The number of rotatable bonds is 9. The third-order valence-electron chi connectivity index (χ3n) is 6.18. The molecule has 13 heteroatoms. The molecule has 2 aromatic heterocycles. The van der Waals surface area contributed by atoms with Crippen molar-refractivity contribution in [3.63, 3.8) is 0 Å². The molecule has 3 aromatic carbocycles. The number of hydrogen-bond donors (Lipinski definition) is 2. The molecule has 1 atom stereocenters. The molecule has 0 spiro atoms. The number of carbonyl (C=O) groups is 1. The molecule has 0 fully saturated rings. The summed E-state index contributed by atoms with van der Waals surface area (Å²) < 4.78 is 44.7. The van der Waals surface area contributed by atoms with Gasteiger partial charge in [0.1, 0.15) is 42.0 Å². The van der Waals surface area contributed by atoms with Crippen molar-refractivity contribution in [2.45, 2.75) is 18.7 Å². The lowest BCUT2D eigenvalue weighted by Crippen LogP contribution is -2.41. The molecule has 0 saturated heterocycles. The zero-order valence-electron chi connectivity index (χ0n) is 21.2. The van der Waals surface area contributed by atoms with Crippen LogP contribution in [0.2, 0.25) is 0 Å². The number of carbonyl (C=O) groups excluding carboxylic acids is 1. The van der Waals surface area contributed by atoms with Gasteiger partial charge in [0, 0.05) is 23.4 Å². The minimum Gasteiger partial charge on any atom is -0.381 e. The van der Waals surface area contributed by atoms with Crippen molar-refractivity contribution in [2.75, 3.05) is 5.32 Å². The van der Waals surface area contributed by atoms with E-state index in [0.717, 1.165) is 16.8 Å². The maximum Gasteiger partial charge on any atom is 0.350 e. The van der Waals surface area contributed by atoms with Gasteiger partial charge >= 0.3 is 5.69 Å². The molecule has 10 nitrogen and oxygen atoms in total. The van der Waals surface area contributed by atoms with Crippen LogP contribution in [0.3, 0.4) is 0 Å². The van der Waals surface area contributed by atoms with Gasteiger partial charge in [-0.2, -0.15) is 10.2 Å². The molecule has 5 aromatic rings. The Morgan fingerprint density at radius 3 is 2.34 bits per heavy atom. The Morgan fingerprint density at radius 2 is 1.66 bits per heavy atom. The summed E-state index contributed by atoms with van der Waals surface area (Å²) in [6.45, 7) is -0.769. The lowest BCUT2D eigenvalue weighted by molar-refractivity contribution is -0.111. The number of aromatic nitrogens is 6. The highest BCUT2D eigenvalue weighted by molar-refractivity contribution is 6.01. The van der Waals surface area contributed by atoms with Gasteiger partial charge in [-0.25, -0.2) is 36.9 Å². The van der Waals surface area contributed by atoms with Gasteiger partial charge in [0.2, 0.25) is 5.91 Å². The standard InChI is InChI=1S/C28H22F3N7O3/c29-20-4-1-19(2-5-20)3-12-26(39)35-22-7-9-23(10-8-22)37-18-34-38(27(37)40)15-28(41,14-36-17-32-16-33-36)24-11-6-21(30)13-25(24)31/h1-13,16-18,41H,14-15H2,(H,35,39)/b12-3+/t28-/m0/s1. The molecule has 0 aliphatic heterocycles. The monoisotopic (exact) mass is 561 g/mol. The van der Waals surface area contributed by atoms with E-state index in [-0.39, 0.29) is 17.9 Å². The molecule has 2 N–H and O–H groups in total. The summed E-state index contributed by atoms with van der Waals surface area (Å²) in [7, 11) is 0. The number of anilines is 1. The van der Waals surface area contributed by atoms with Gasteiger partial charge in [-0.05, 0) is 54.1 Å². The lowest BCUT2D eigenvalue weighted by Gasteiger charge is -2.28. The van der Waals surface area contributed by atoms with Crippen molar-refractivity contribution in [2.24, 2.45) is 0 Å². The van der Waals surface area contributed by atoms with Crippen molar-refractivity contribution < 1.29 is 23.1 Å². The molecule has 0 saturated carbocycles. The smallest absolute Gasteiger partial charge is 0.350 e. The van der Waals surface area contributed by atoms with E-state index in [4.69, 9.17) is 0 Å². The summed E-state index contributed by atoms with van der Waals surface area (Å²) >= 11 is 0. The van der Waals surface area contributed by atoms with Crippen LogP contribution < -0.4 is 11.0 Å². The van der Waals surface area contributed by atoms with Gasteiger partial charge in [-0.3, -0.25) is 4.79 Å². The molecule has 0 aliphatic rings. The molecular weight excluding hydrogens is 539 g/mol. The quantitative estimate of drug-likeness (QED) is 0.267. The Hall–Kier alpha value is -5.30. The van der Waals surface area contributed by atoms with E-state index in [1.165, 1.54) is 58.6 Å². The van der Waals surface area contributed by atoms with Gasteiger partial charge in [0.05, 0.1) is 18.8 Å². The number of aliphatic hydroxyl groups is 1. The average Bonchev–Trinajstić information content (AvgIpc) is 3.58. The second kappa shape index (κ2) is 11.4. The third-order valence-corrected chi connectivity index (χ3v) is 6.18. The number of halogens is 3. The van der Waals surface area contributed by atoms with Crippen LogP contribution in [0.25, 0.3) is 11.8 Å². The maximum atomic E-state index is 14.7. The second-order valence-corrected chi connectivity index (χ2v) is 9.11. The minimum absolute atomic E-state index is 0.246. The largest absolute Gasteiger partial charge is 0.381 e. The molecular formula is C28H22F3N7O3. The molecule has 41 heavy (non-hydrogen) atoms. The number of nitrogens with one attached hydrogen (secondary N) is 1. The fourth-order valence-corrected chi connectivity index (χ4v) is 4.18. The summed E-state index contributed by atoms with van der Waals surface area (Å²) in [4.78, 5) is 29.2. The second-order valence-electron chi connectivity index (χ2n) is 9.11. The molecule has 0 bridgehead atoms. The summed E-state index contributed by atoms with van der Waals surface area (Å²) in [6.07, 6.45) is 6.63. The van der Waals surface area contributed by atoms with Crippen molar-refractivity contribution in [1.82, 2.24) is 29.1 Å². The molecule has 2 heterocycles. The zero-order valence-corrected chi connectivity index (χ0v) is 21.2. The first-order valence-electron chi connectivity index (χ1n) is 12.2. The van der Waals surface area contributed by atoms with E-state index in [9.17, 15) is 27.9 Å². The van der Waals surface area contributed by atoms with Crippen LogP contribution in [-0.4, -0.2) is 40.1 Å². The van der Waals surface area contributed by atoms with Crippen LogP contribution in [0.5, 0.6) is 0 Å². The SMILES string of the molecule is O=C(/C=C/c1ccc(F)cc1)Nc1ccc(-n2cnn(C[C@@](O)(Cn3cncn3)c3ccc(F)cc3F)c2=O)cc1. The van der Waals surface area contributed by atoms with Gasteiger partial charge in [0.15, 0.2) is 0 Å². The summed E-state index contributed by atoms with van der Waals surface area (Å²) in [5.74, 6) is -2.60. The van der Waals surface area contributed by atoms with Crippen molar-refractivity contribution in [3.05, 3.63) is 131 Å². The molecule has 0 unspecified atom stereocenters. The fourth-order valence-electron chi connectivity index (χ4n) is 4.18. The van der Waals surface area contributed by atoms with Crippen molar-refractivity contribution in [1.29, 1.82) is 0 Å². The van der Waals surface area contributed by atoms with Crippen LogP contribution in [0.1, 0.15) is 11.1 Å². The highest BCUT2D eigenvalue weighted by atomic mass is 19.1. The van der Waals surface area contributed by atoms with Crippen LogP contribution >= 0.6 is 0 Å². The first kappa shape index (κ1) is 27.3. The minimum atomic E-state index is -2.04. The molecule has 208 valence electrons. The number of benzene rings is 3. The Balaban J connectivity index is 1.33. The van der Waals surface area contributed by atoms with E-state index in [2.05, 4.69) is 20.5 Å². The Bertz CT molecular complexity index is 1750. The number of nitrogens with zero attached hydrogens (tertiary/aromatic N) is 6. The Labute approximate surface area is 230 Å². The van der Waals surface area contributed by atoms with E-state index in [1.807, 2.05) is 0 Å². The fraction of sp³-hybridized carbons (Fsp3) is 0.107. The third kappa shape index (κ3) is 6.31. The topological polar surface area (TPSA) is 120 Å². The summed E-state index contributed by atoms with van der Waals surface area (Å²) in [5.41, 5.74) is -1.40. The number of amides is 1. The van der Waals surface area contributed by atoms with E-state index < -0.39 is 35.4 Å². The summed E-state index contributed by atoms with van der Waals surface area (Å²) in [6, 6.07) is 14.7. The highest BCUT2D eigenvalue weighted by Crippen LogP contribution is 2.28. The predicted molar refractivity (Wildman–Crippen MR) is 142 cm³/mol. The van der Waals surface area contributed by atoms with Gasteiger partial charge in [-0.15, -0.1) is 0 Å². The molecule has 0 radical (unpaired) electrons.